The Kier molecular flexibility index (Phi) is 0.0998. The van der Waals surface area contributed by atoms with Gasteiger partial charge in [-0.3, -0.25) is 0 Å². The molecule has 2 heterocycles. The Bertz CT molecular complexity index is 36.0. The third-order valence-corrected chi connectivity index (χ3v) is 1.05. The van der Waals surface area contributed by atoms with Gasteiger partial charge in [0.1, 0.15) is 0 Å². The van der Waals surface area contributed by atoms with Gasteiger partial charge in [0.05, 0.1) is 0 Å². The molecule has 0 saturated carbocycles. The molecule has 4 heavy (non-hydrogen) atoms. The van der Waals surface area contributed by atoms with E-state index in [0.717, 1.165) is 12.8 Å². The van der Waals surface area contributed by atoms with Crippen molar-refractivity contribution in [1.29, 1.82) is 0 Å². The Morgan fingerprint density at radius 1 is 1.00 bits per heavy atom. The molecule has 2 rings (SSSR count). The minimum absolute atomic E-state index is 1.000. The molecular weight excluding hydrogens is 43.2 g/mol. The highest BCUT2D eigenvalue weighted by Gasteiger charge is 2.56. The van der Waals surface area contributed by atoms with E-state index in [-0.39, 0.29) is 0 Å². The third kappa shape index (κ3) is 0.0526. The van der Waals surface area contributed by atoms with Crippen molar-refractivity contribution in [3.8, 4) is 0 Å². The molecule has 12 valence electrons. The highest BCUT2D eigenvalue weighted by atomic mass is 13.4. The molecule has 0 spiro atoms. The summed E-state index contributed by atoms with van der Waals surface area (Å²) in [6, 6.07) is 0. The Labute approximate surface area is 27.9 Å². The number of hydrogen-bond acceptors (Lipinski definition) is 0. The summed E-state index contributed by atoms with van der Waals surface area (Å²) >= 11 is 0. The molecule has 0 aliphatic carbocycles. The lowest BCUT2D eigenvalue weighted by molar-refractivity contribution is 4.19. The zero-order valence-electron chi connectivity index (χ0n) is 2.31. The summed E-state index contributed by atoms with van der Waals surface area (Å²) in [7, 11) is 4.67. The quantitative estimate of drug-likeness (QED) is 0.289. The van der Waals surface area contributed by atoms with Crippen LogP contribution in [0.2, 0.25) is 0 Å². The second-order valence-electron chi connectivity index (χ2n) is 1.54. The van der Waals surface area contributed by atoms with E-state index in [1.165, 1.54) is 0 Å². The molecule has 0 aromatic rings. The number of hydrogen-bond donors (Lipinski definition) is 0. The first-order valence-electron chi connectivity index (χ1n) is 1.67. The van der Waals surface area contributed by atoms with Crippen LogP contribution in [0.15, 0.2) is 0 Å². The largest absolute Gasteiger partial charge is 0 e. The van der Waals surface area contributed by atoms with Crippen LogP contribution in [0.4, 0.5) is 0 Å². The maximum Gasteiger partial charge on any atom is 0 e. The van der Waals surface area contributed by atoms with Crippen molar-refractivity contribution in [3.63, 3.8) is 0 Å². The maximum atomic E-state index is 2.33. The maximum absolute atomic E-state index is 2.33. The van der Waals surface area contributed by atoms with Crippen molar-refractivity contribution in [3.05, 3.63) is 0 Å². The Hall–Kier alpha value is 0.260. The summed E-state index contributed by atoms with van der Waals surface area (Å²) in [5.74, 6) is 0. The molecule has 0 bridgehead atoms. The van der Waals surface area contributed by atoms with Crippen molar-refractivity contribution in [2.75, 3.05) is 0 Å². The van der Waals surface area contributed by atoms with Crippen LogP contribution in [0.5, 0.6) is 0 Å². The average Bonchev–Trinajstić information content (AvgIpc) is 1.36. The van der Waals surface area contributed by atoms with Crippen LogP contribution < -0.4 is 0 Å². The van der Waals surface area contributed by atoms with E-state index >= 15 is 0 Å². The van der Waals surface area contributed by atoms with Gasteiger partial charge in [0, 0.05) is 26.9 Å². The van der Waals surface area contributed by atoms with Crippen molar-refractivity contribution in [1.82, 2.24) is 0 Å². The summed E-state index contributed by atoms with van der Waals surface area (Å²) in [6.45, 7) is 0. The van der Waals surface area contributed by atoms with Gasteiger partial charge in [-0.05, 0) is 0 Å². The van der Waals surface area contributed by atoms with Crippen molar-refractivity contribution < 1.29 is 0 Å². The molecule has 0 aromatic heterocycles. The molecule has 0 aromatic carbocycles. The average molecular weight is 43.2 g/mol. The summed E-state index contributed by atoms with van der Waals surface area (Å²) in [5.41, 5.74) is 0. The van der Waals surface area contributed by atoms with Gasteiger partial charge in [-0.15, -0.1) is 0 Å². The van der Waals surface area contributed by atoms with Crippen LogP contribution in [-0.4, -0.2) is 26.9 Å². The van der Waals surface area contributed by atoms with E-state index in [9.17, 15) is 0 Å². The van der Waals surface area contributed by atoms with E-state index in [2.05, 4.69) is 14.1 Å². The Balaban J connectivity index is 2.48. The molecule has 4 heteroatoms. The summed E-state index contributed by atoms with van der Waals surface area (Å²) < 4.78 is 0. The standard InChI is InChI=1S/B4/c1-3-2-4(1)3. The molecule has 2 aliphatic rings. The molecule has 0 amide bonds. The molecule has 2 radical (unpaired) electrons. The molecule has 0 nitrogen and oxygen atoms in total. The van der Waals surface area contributed by atoms with Crippen LogP contribution in [0.3, 0.4) is 0 Å². The zero-order valence-corrected chi connectivity index (χ0v) is 2.31. The van der Waals surface area contributed by atoms with Crippen LogP contribution in [-0.2, 0) is 0 Å². The first-order valence-corrected chi connectivity index (χ1v) is 1.67. The molecular formula is B4. The van der Waals surface area contributed by atoms with Crippen molar-refractivity contribution in [2.24, 2.45) is 0 Å². The highest BCUT2D eigenvalue weighted by Crippen LogP contribution is 2.18. The van der Waals surface area contributed by atoms with Crippen LogP contribution in [0.25, 0.3) is 0 Å². The summed E-state index contributed by atoms with van der Waals surface area (Å²) in [6.07, 6.45) is 2.00. The summed E-state index contributed by atoms with van der Waals surface area (Å²) in [4.78, 5) is 0. The minimum Gasteiger partial charge on any atom is 0 e. The van der Waals surface area contributed by atoms with Crippen LogP contribution in [0.1, 0.15) is 0 Å². The SMILES string of the molecule is [B]1B2[B]B12. The van der Waals surface area contributed by atoms with Crippen LogP contribution in [0, 0.1) is 0 Å². The van der Waals surface area contributed by atoms with Crippen LogP contribution >= 0.6 is 0 Å². The van der Waals surface area contributed by atoms with Crippen molar-refractivity contribution >= 4 is 26.9 Å². The Morgan fingerprint density at radius 2 is 1.25 bits per heavy atom. The second kappa shape index (κ2) is 0.244. The topological polar surface area (TPSA) is 0 Å². The molecule has 2 saturated heterocycles. The lowest BCUT2D eigenvalue weighted by Gasteiger charge is -1.56. The molecule has 2 fully saturated rings. The van der Waals surface area contributed by atoms with E-state index < -0.39 is 0 Å². The fraction of sp³-hybridized carbons (Fsp3) is 0. The fourth-order valence-corrected chi connectivity index (χ4v) is 0.368. The smallest absolute Gasteiger partial charge is 0 e. The van der Waals surface area contributed by atoms with Crippen molar-refractivity contribution in [2.45, 2.75) is 0 Å². The van der Waals surface area contributed by atoms with E-state index in [4.69, 9.17) is 0 Å². The van der Waals surface area contributed by atoms with Gasteiger partial charge in [-0.1, -0.05) is 0 Å². The van der Waals surface area contributed by atoms with Gasteiger partial charge in [0.15, 0.2) is 0 Å². The van der Waals surface area contributed by atoms with Gasteiger partial charge in [-0.25, -0.2) is 0 Å². The fourth-order valence-electron chi connectivity index (χ4n) is 0.368. The van der Waals surface area contributed by atoms with Gasteiger partial charge in [-0.2, -0.15) is 0 Å². The molecule has 0 unspecified atom stereocenters. The predicted molar refractivity (Wildman–Crippen MR) is 23.0 cm³/mol. The lowest BCUT2D eigenvalue weighted by atomic mass is 9.25. The monoisotopic (exact) mass is 44.0 g/mol. The minimum atomic E-state index is 1.000. The molecule has 2 aliphatic heterocycles. The first-order chi connectivity index (χ1) is 1.97. The van der Waals surface area contributed by atoms with Gasteiger partial charge in [0.25, 0.3) is 0 Å². The molecule has 0 atom stereocenters. The second-order valence-corrected chi connectivity index (χ2v) is 1.54. The normalized spacial score (nSPS) is 26.0. The zero-order chi connectivity index (χ0) is 2.57. The molecule has 0 N–H and O–H groups in total. The van der Waals surface area contributed by atoms with Gasteiger partial charge < -0.3 is 0 Å². The van der Waals surface area contributed by atoms with E-state index in [1.54, 1.807) is 0 Å². The van der Waals surface area contributed by atoms with E-state index in [0.29, 0.717) is 0 Å². The van der Waals surface area contributed by atoms with E-state index in [1.807, 2.05) is 0 Å². The highest BCUT2D eigenvalue weighted by molar-refractivity contribution is 8.32. The van der Waals surface area contributed by atoms with Gasteiger partial charge >= 0.3 is 0 Å². The number of fused-ring (bicyclic) bond motifs is 1. The number of rotatable bonds is 0. The Morgan fingerprint density at radius 3 is 1.25 bits per heavy atom. The van der Waals surface area contributed by atoms with Gasteiger partial charge in [0.2, 0.25) is 0 Å². The predicted octanol–water partition coefficient (Wildman–Crippen LogP) is -1.52. The summed E-state index contributed by atoms with van der Waals surface area (Å²) in [5, 5.41) is 0. The third-order valence-electron chi connectivity index (χ3n) is 1.05. The lowest BCUT2D eigenvalue weighted by Crippen LogP contribution is -1.94. The first kappa shape index (κ1) is 1.64.